The molecule has 25 heavy (non-hydrogen) atoms. The monoisotopic (exact) mass is 341 g/mol. The summed E-state index contributed by atoms with van der Waals surface area (Å²) in [6.07, 6.45) is 0. The third-order valence-corrected chi connectivity index (χ3v) is 4.22. The minimum absolute atomic E-state index is 0.211. The van der Waals surface area contributed by atoms with Crippen LogP contribution in [0.4, 0.5) is 21.9 Å². The second-order valence-corrected chi connectivity index (χ2v) is 5.82. The zero-order valence-electron chi connectivity index (χ0n) is 14.8. The largest absolute Gasteiger partial charge is 0.454 e. The van der Waals surface area contributed by atoms with E-state index in [0.717, 1.165) is 30.0 Å². The Kier molecular flexibility index (Phi) is 4.97. The summed E-state index contributed by atoms with van der Waals surface area (Å²) in [5.74, 6) is 1.33. The second-order valence-electron chi connectivity index (χ2n) is 5.82. The molecule has 0 saturated carbocycles. The van der Waals surface area contributed by atoms with Gasteiger partial charge in [-0.2, -0.15) is 0 Å². The summed E-state index contributed by atoms with van der Waals surface area (Å²) in [4.78, 5) is 14.5. The average Bonchev–Trinajstić information content (AvgIpc) is 3.06. The third-order valence-electron chi connectivity index (χ3n) is 4.22. The molecule has 3 rings (SSSR count). The van der Waals surface area contributed by atoms with Crippen LogP contribution in [0.5, 0.6) is 11.5 Å². The quantitative estimate of drug-likeness (QED) is 0.855. The predicted octanol–water partition coefficient (Wildman–Crippen LogP) is 4.21. The van der Waals surface area contributed by atoms with Crippen molar-refractivity contribution in [1.29, 1.82) is 0 Å². The van der Waals surface area contributed by atoms with Gasteiger partial charge in [0.25, 0.3) is 0 Å². The molecule has 1 aliphatic rings. The summed E-state index contributed by atoms with van der Waals surface area (Å²) >= 11 is 0. The highest BCUT2D eigenvalue weighted by molar-refractivity contribution is 6.00. The number of ether oxygens (including phenoxy) is 2. The van der Waals surface area contributed by atoms with Crippen molar-refractivity contribution in [3.05, 3.63) is 42.0 Å². The van der Waals surface area contributed by atoms with E-state index in [9.17, 15) is 4.79 Å². The van der Waals surface area contributed by atoms with E-state index in [1.165, 1.54) is 0 Å². The molecule has 2 aromatic carbocycles. The molecule has 2 N–H and O–H groups in total. The fraction of sp³-hybridized carbons (Fsp3) is 0.316. The molecule has 6 heteroatoms. The summed E-state index contributed by atoms with van der Waals surface area (Å²) in [7, 11) is 0. The maximum atomic E-state index is 12.3. The molecule has 0 aliphatic carbocycles. The fourth-order valence-electron chi connectivity index (χ4n) is 2.83. The van der Waals surface area contributed by atoms with E-state index in [-0.39, 0.29) is 12.8 Å². The Hall–Kier alpha value is -2.89. The lowest BCUT2D eigenvalue weighted by molar-refractivity contribution is 0.174. The number of fused-ring (bicyclic) bond motifs is 1. The molecule has 0 bridgehead atoms. The maximum absolute atomic E-state index is 12.3. The van der Waals surface area contributed by atoms with Gasteiger partial charge in [-0.3, -0.25) is 0 Å². The lowest BCUT2D eigenvalue weighted by Crippen LogP contribution is -2.22. The van der Waals surface area contributed by atoms with E-state index < -0.39 is 0 Å². The highest BCUT2D eigenvalue weighted by Crippen LogP contribution is 2.34. The third kappa shape index (κ3) is 3.79. The van der Waals surface area contributed by atoms with Crippen LogP contribution in [-0.2, 0) is 0 Å². The Morgan fingerprint density at radius 2 is 1.80 bits per heavy atom. The predicted molar refractivity (Wildman–Crippen MR) is 99.9 cm³/mol. The normalized spacial score (nSPS) is 12.0. The van der Waals surface area contributed by atoms with Crippen molar-refractivity contribution in [3.8, 4) is 11.5 Å². The van der Waals surface area contributed by atoms with Gasteiger partial charge in [0, 0.05) is 36.2 Å². The Bertz CT molecular complexity index is 773. The molecule has 0 unspecified atom stereocenters. The van der Waals surface area contributed by atoms with E-state index in [1.54, 1.807) is 18.2 Å². The molecule has 6 nitrogen and oxygen atoms in total. The number of nitrogens with zero attached hydrogens (tertiary/aromatic N) is 1. The van der Waals surface area contributed by atoms with Crippen molar-refractivity contribution in [1.82, 2.24) is 0 Å². The molecule has 0 fully saturated rings. The molecule has 0 aromatic heterocycles. The molecular formula is C19H23N3O3. The highest BCUT2D eigenvalue weighted by Gasteiger charge is 2.14. The lowest BCUT2D eigenvalue weighted by Gasteiger charge is -2.22. The molecule has 2 aromatic rings. The molecule has 2 amide bonds. The minimum Gasteiger partial charge on any atom is -0.454 e. The van der Waals surface area contributed by atoms with Crippen LogP contribution in [0.15, 0.2) is 36.4 Å². The topological polar surface area (TPSA) is 62.8 Å². The zero-order valence-corrected chi connectivity index (χ0v) is 14.8. The van der Waals surface area contributed by atoms with E-state index in [4.69, 9.17) is 9.47 Å². The first kappa shape index (κ1) is 17.0. The van der Waals surface area contributed by atoms with Crippen LogP contribution in [-0.4, -0.2) is 25.9 Å². The van der Waals surface area contributed by atoms with Crippen LogP contribution < -0.4 is 25.0 Å². The molecule has 0 spiro atoms. The number of nitrogens with one attached hydrogen (secondary N) is 2. The van der Waals surface area contributed by atoms with Crippen molar-refractivity contribution in [2.75, 3.05) is 35.4 Å². The van der Waals surface area contributed by atoms with Crippen LogP contribution in [0.3, 0.4) is 0 Å². The van der Waals surface area contributed by atoms with Crippen LogP contribution >= 0.6 is 0 Å². The summed E-state index contributed by atoms with van der Waals surface area (Å²) in [5.41, 5.74) is 3.61. The maximum Gasteiger partial charge on any atom is 0.323 e. The summed E-state index contributed by atoms with van der Waals surface area (Å²) in [6.45, 7) is 8.36. The molecule has 0 radical (unpaired) electrons. The van der Waals surface area contributed by atoms with E-state index in [1.807, 2.05) is 19.1 Å². The number of aryl methyl sites for hydroxylation is 1. The Morgan fingerprint density at radius 1 is 1.04 bits per heavy atom. The second kappa shape index (κ2) is 7.34. The van der Waals surface area contributed by atoms with E-state index in [0.29, 0.717) is 17.2 Å². The van der Waals surface area contributed by atoms with Gasteiger partial charge in [-0.05, 0) is 56.7 Å². The van der Waals surface area contributed by atoms with Gasteiger partial charge in [-0.1, -0.05) is 0 Å². The van der Waals surface area contributed by atoms with Gasteiger partial charge in [0.15, 0.2) is 11.5 Å². The van der Waals surface area contributed by atoms with Gasteiger partial charge >= 0.3 is 6.03 Å². The van der Waals surface area contributed by atoms with Crippen molar-refractivity contribution in [3.63, 3.8) is 0 Å². The van der Waals surface area contributed by atoms with Crippen LogP contribution in [0.2, 0.25) is 0 Å². The highest BCUT2D eigenvalue weighted by atomic mass is 16.7. The minimum atomic E-state index is -0.294. The van der Waals surface area contributed by atoms with E-state index in [2.05, 4.69) is 35.4 Å². The molecule has 0 saturated heterocycles. The van der Waals surface area contributed by atoms with Crippen LogP contribution in [0.1, 0.15) is 19.4 Å². The Labute approximate surface area is 147 Å². The summed E-state index contributed by atoms with van der Waals surface area (Å²) in [5, 5.41) is 5.70. The molecule has 0 atom stereocenters. The van der Waals surface area contributed by atoms with Crippen LogP contribution in [0.25, 0.3) is 0 Å². The van der Waals surface area contributed by atoms with Crippen molar-refractivity contribution in [2.24, 2.45) is 0 Å². The van der Waals surface area contributed by atoms with Gasteiger partial charge in [0.2, 0.25) is 6.79 Å². The number of carbonyl (C=O) groups is 1. The first-order valence-electron chi connectivity index (χ1n) is 8.44. The molecule has 132 valence electrons. The lowest BCUT2D eigenvalue weighted by atomic mass is 10.1. The van der Waals surface area contributed by atoms with E-state index >= 15 is 0 Å². The first-order chi connectivity index (χ1) is 12.1. The number of hydrogen-bond acceptors (Lipinski definition) is 4. The number of benzene rings is 2. The Balaban J connectivity index is 1.66. The standard InChI is InChI=1S/C19H23N3O3/c1-4-22(5-2)15-7-8-16(13(3)10-15)21-19(23)20-14-6-9-17-18(11-14)25-12-24-17/h6-11H,4-5,12H2,1-3H3,(H2,20,21,23). The number of urea groups is 1. The van der Waals surface area contributed by atoms with Gasteiger partial charge in [0.1, 0.15) is 0 Å². The number of rotatable bonds is 5. The summed E-state index contributed by atoms with van der Waals surface area (Å²) < 4.78 is 10.6. The van der Waals surface area contributed by atoms with Gasteiger partial charge in [0.05, 0.1) is 0 Å². The number of amides is 2. The summed E-state index contributed by atoms with van der Waals surface area (Å²) in [6, 6.07) is 11.1. The molecular weight excluding hydrogens is 318 g/mol. The number of hydrogen-bond donors (Lipinski definition) is 2. The Morgan fingerprint density at radius 3 is 2.52 bits per heavy atom. The van der Waals surface area contributed by atoms with Crippen LogP contribution in [0, 0.1) is 6.92 Å². The van der Waals surface area contributed by atoms with Gasteiger partial charge in [-0.25, -0.2) is 4.79 Å². The van der Waals surface area contributed by atoms with Gasteiger partial charge in [-0.15, -0.1) is 0 Å². The zero-order chi connectivity index (χ0) is 17.8. The van der Waals surface area contributed by atoms with Crippen molar-refractivity contribution in [2.45, 2.75) is 20.8 Å². The number of carbonyl (C=O) groups excluding carboxylic acids is 1. The van der Waals surface area contributed by atoms with Gasteiger partial charge < -0.3 is 25.0 Å². The smallest absolute Gasteiger partial charge is 0.323 e. The molecule has 1 aliphatic heterocycles. The fourth-order valence-corrected chi connectivity index (χ4v) is 2.83. The average molecular weight is 341 g/mol. The molecule has 1 heterocycles. The SMILES string of the molecule is CCN(CC)c1ccc(NC(=O)Nc2ccc3c(c2)OCO3)c(C)c1. The first-order valence-corrected chi connectivity index (χ1v) is 8.44. The van der Waals surface area contributed by atoms with Crippen molar-refractivity contribution >= 4 is 23.1 Å². The van der Waals surface area contributed by atoms with Crippen molar-refractivity contribution < 1.29 is 14.3 Å². The number of anilines is 3.